The summed E-state index contributed by atoms with van der Waals surface area (Å²) in [5.74, 6) is 0.722. The fraction of sp³-hybridized carbons (Fsp3) is 0.538. The minimum atomic E-state index is 0.0106. The van der Waals surface area contributed by atoms with Crippen molar-refractivity contribution >= 4 is 11.4 Å². The first kappa shape index (κ1) is 24.1. The van der Waals surface area contributed by atoms with Gasteiger partial charge in [-0.1, -0.05) is 76.8 Å². The molecule has 1 N–H and O–H groups in total. The number of rotatable bonds is 16. The molecule has 0 heterocycles. The van der Waals surface area contributed by atoms with E-state index in [-0.39, 0.29) is 6.61 Å². The van der Waals surface area contributed by atoms with Crippen LogP contribution in [0.25, 0.3) is 0 Å². The minimum absolute atomic E-state index is 0.0106. The second-order valence-electron chi connectivity index (χ2n) is 7.86. The van der Waals surface area contributed by atoms with E-state index in [0.717, 1.165) is 23.5 Å². The Hall–Kier alpha value is -2.20. The van der Waals surface area contributed by atoms with Crippen molar-refractivity contribution in [1.29, 1.82) is 0 Å². The third-order valence-electron chi connectivity index (χ3n) is 5.23. The Kier molecular flexibility index (Phi) is 12.5. The van der Waals surface area contributed by atoms with Crippen LogP contribution < -0.4 is 4.74 Å². The quantitative estimate of drug-likeness (QED) is 0.225. The van der Waals surface area contributed by atoms with Gasteiger partial charge in [0.1, 0.15) is 12.4 Å². The van der Waals surface area contributed by atoms with E-state index in [0.29, 0.717) is 6.61 Å². The van der Waals surface area contributed by atoms with Crippen molar-refractivity contribution in [2.75, 3.05) is 13.2 Å². The van der Waals surface area contributed by atoms with Gasteiger partial charge >= 0.3 is 0 Å². The monoisotopic (exact) mass is 410 g/mol. The molecule has 0 amide bonds. The molecule has 0 atom stereocenters. The van der Waals surface area contributed by atoms with Gasteiger partial charge < -0.3 is 9.84 Å². The van der Waals surface area contributed by atoms with Crippen LogP contribution in [0.2, 0.25) is 0 Å². The first-order valence-corrected chi connectivity index (χ1v) is 11.7. The molecule has 0 unspecified atom stereocenters. The fourth-order valence-corrected chi connectivity index (χ4v) is 3.43. The Morgan fingerprint density at radius 2 is 1.17 bits per heavy atom. The molecule has 4 heteroatoms. The molecule has 30 heavy (non-hydrogen) atoms. The van der Waals surface area contributed by atoms with Crippen molar-refractivity contribution in [2.45, 2.75) is 77.6 Å². The smallest absolute Gasteiger partial charge is 0.119 e. The Morgan fingerprint density at radius 1 is 0.667 bits per heavy atom. The zero-order valence-corrected chi connectivity index (χ0v) is 18.6. The average Bonchev–Trinajstić information content (AvgIpc) is 2.79. The van der Waals surface area contributed by atoms with E-state index >= 15 is 0 Å². The number of aliphatic hydroxyl groups excluding tert-OH is 1. The van der Waals surface area contributed by atoms with Crippen LogP contribution in [0.15, 0.2) is 58.8 Å². The first-order chi connectivity index (χ1) is 14.8. The van der Waals surface area contributed by atoms with Crippen LogP contribution >= 0.6 is 0 Å². The highest BCUT2D eigenvalue weighted by atomic mass is 16.5. The first-order valence-electron chi connectivity index (χ1n) is 11.7. The summed E-state index contributed by atoms with van der Waals surface area (Å²) in [5, 5.41) is 17.4. The van der Waals surface area contributed by atoms with E-state index in [9.17, 15) is 0 Å². The van der Waals surface area contributed by atoms with Crippen LogP contribution in [0.4, 0.5) is 11.4 Å². The summed E-state index contributed by atoms with van der Waals surface area (Å²) < 4.78 is 5.34. The van der Waals surface area contributed by atoms with Gasteiger partial charge in [-0.25, -0.2) is 0 Å². The van der Waals surface area contributed by atoms with Gasteiger partial charge in [-0.3, -0.25) is 0 Å². The van der Waals surface area contributed by atoms with Crippen molar-refractivity contribution < 1.29 is 9.84 Å². The predicted molar refractivity (Wildman–Crippen MR) is 125 cm³/mol. The third-order valence-corrected chi connectivity index (χ3v) is 5.23. The van der Waals surface area contributed by atoms with E-state index in [2.05, 4.69) is 29.3 Å². The van der Waals surface area contributed by atoms with E-state index in [1.807, 2.05) is 36.4 Å². The zero-order valence-electron chi connectivity index (χ0n) is 18.6. The van der Waals surface area contributed by atoms with Crippen molar-refractivity contribution in [3.63, 3.8) is 0 Å². The van der Waals surface area contributed by atoms with Crippen LogP contribution in [0.1, 0.15) is 76.7 Å². The molecule has 2 aromatic rings. The molecule has 0 fully saturated rings. The molecular formula is C26H38N2O2. The highest BCUT2D eigenvalue weighted by Crippen LogP contribution is 2.22. The molecule has 0 aliphatic carbocycles. The average molecular weight is 411 g/mol. The molecule has 2 aromatic carbocycles. The van der Waals surface area contributed by atoms with Crippen LogP contribution in [0.5, 0.6) is 5.75 Å². The van der Waals surface area contributed by atoms with Gasteiger partial charge in [-0.2, -0.15) is 10.2 Å². The Morgan fingerprint density at radius 3 is 1.70 bits per heavy atom. The maximum Gasteiger partial charge on any atom is 0.119 e. The predicted octanol–water partition coefficient (Wildman–Crippen LogP) is 7.94. The molecular weight excluding hydrogens is 372 g/mol. The molecule has 0 saturated heterocycles. The maximum absolute atomic E-state index is 8.78. The second kappa shape index (κ2) is 15.6. The number of hydrogen-bond acceptors (Lipinski definition) is 4. The lowest BCUT2D eigenvalue weighted by molar-refractivity contribution is 0.201. The van der Waals surface area contributed by atoms with Gasteiger partial charge in [0.15, 0.2) is 0 Å². The molecule has 0 radical (unpaired) electrons. The van der Waals surface area contributed by atoms with Crippen molar-refractivity contribution in [3.8, 4) is 5.75 Å². The number of aliphatic hydroxyl groups is 1. The van der Waals surface area contributed by atoms with Crippen molar-refractivity contribution in [1.82, 2.24) is 0 Å². The van der Waals surface area contributed by atoms with E-state index in [1.54, 1.807) is 0 Å². The number of nitrogens with zero attached hydrogens (tertiary/aromatic N) is 2. The minimum Gasteiger partial charge on any atom is -0.491 e. The normalized spacial score (nSPS) is 11.3. The number of ether oxygens (including phenoxy) is 1. The highest BCUT2D eigenvalue weighted by molar-refractivity contribution is 5.43. The van der Waals surface area contributed by atoms with E-state index in [4.69, 9.17) is 9.84 Å². The van der Waals surface area contributed by atoms with E-state index in [1.165, 1.54) is 69.8 Å². The number of unbranched alkanes of at least 4 members (excludes halogenated alkanes) is 9. The second-order valence-corrected chi connectivity index (χ2v) is 7.86. The SMILES string of the molecule is CCCCCCCCCCCCc1ccc(/N=N/c2ccc(OCCO)cc2)cc1. The number of hydrogen-bond donors (Lipinski definition) is 1. The molecule has 0 spiro atoms. The lowest BCUT2D eigenvalue weighted by Gasteiger charge is -2.04. The lowest BCUT2D eigenvalue weighted by Crippen LogP contribution is -2.00. The Balaban J connectivity index is 1.61. The van der Waals surface area contributed by atoms with Gasteiger partial charge in [-0.15, -0.1) is 0 Å². The molecule has 0 bridgehead atoms. The molecule has 0 saturated carbocycles. The molecule has 0 aliphatic rings. The zero-order chi connectivity index (χ0) is 21.3. The Bertz CT molecular complexity index is 696. The van der Waals surface area contributed by atoms with Crippen LogP contribution in [-0.2, 0) is 6.42 Å². The molecule has 4 nitrogen and oxygen atoms in total. The number of aryl methyl sites for hydroxylation is 1. The van der Waals surface area contributed by atoms with Gasteiger partial charge in [0.25, 0.3) is 0 Å². The summed E-state index contributed by atoms with van der Waals surface area (Å²) in [5.41, 5.74) is 3.02. The maximum atomic E-state index is 8.78. The van der Waals surface area contributed by atoms with Crippen LogP contribution in [0, 0.1) is 0 Å². The summed E-state index contributed by atoms with van der Waals surface area (Å²) in [6.45, 7) is 2.58. The standard InChI is InChI=1S/C26H38N2O2/c1-2-3-4-5-6-7-8-9-10-11-12-23-13-15-24(16-14-23)27-28-25-17-19-26(20-18-25)30-22-21-29/h13-20,29H,2-12,21-22H2,1H3/b28-27+. The number of azo groups is 1. The summed E-state index contributed by atoms with van der Waals surface area (Å²) in [4.78, 5) is 0. The summed E-state index contributed by atoms with van der Waals surface area (Å²) in [6, 6.07) is 15.8. The Labute approximate surface area is 182 Å². The molecule has 164 valence electrons. The third kappa shape index (κ3) is 10.5. The highest BCUT2D eigenvalue weighted by Gasteiger charge is 1.98. The molecule has 2 rings (SSSR count). The van der Waals surface area contributed by atoms with Crippen LogP contribution in [-0.4, -0.2) is 18.3 Å². The van der Waals surface area contributed by atoms with Crippen LogP contribution in [0.3, 0.4) is 0 Å². The topological polar surface area (TPSA) is 54.2 Å². The van der Waals surface area contributed by atoms with Crippen molar-refractivity contribution in [3.05, 3.63) is 54.1 Å². The van der Waals surface area contributed by atoms with Gasteiger partial charge in [-0.05, 0) is 54.8 Å². The van der Waals surface area contributed by atoms with Gasteiger partial charge in [0, 0.05) is 0 Å². The van der Waals surface area contributed by atoms with Crippen molar-refractivity contribution in [2.24, 2.45) is 10.2 Å². The number of benzene rings is 2. The van der Waals surface area contributed by atoms with E-state index < -0.39 is 0 Å². The summed E-state index contributed by atoms with van der Waals surface area (Å²) >= 11 is 0. The summed E-state index contributed by atoms with van der Waals surface area (Å²) in [7, 11) is 0. The lowest BCUT2D eigenvalue weighted by atomic mass is 10.0. The largest absolute Gasteiger partial charge is 0.491 e. The van der Waals surface area contributed by atoms with Gasteiger partial charge in [0.05, 0.1) is 18.0 Å². The molecule has 0 aliphatic heterocycles. The summed E-state index contributed by atoms with van der Waals surface area (Å²) in [6.07, 6.45) is 14.9. The fourth-order valence-electron chi connectivity index (χ4n) is 3.43. The molecule has 0 aromatic heterocycles. The van der Waals surface area contributed by atoms with Gasteiger partial charge in [0.2, 0.25) is 0 Å².